The van der Waals surface area contributed by atoms with Crippen LogP contribution in [-0.2, 0) is 17.1 Å². The summed E-state index contributed by atoms with van der Waals surface area (Å²) >= 11 is 20.5. The third-order valence-electron chi connectivity index (χ3n) is 5.08. The summed E-state index contributed by atoms with van der Waals surface area (Å²) in [7, 11) is 0. The third kappa shape index (κ3) is 6.80. The van der Waals surface area contributed by atoms with E-state index in [-0.39, 0.29) is 11.8 Å². The summed E-state index contributed by atoms with van der Waals surface area (Å²) in [6, 6.07) is 13.4. The fourth-order valence-electron chi connectivity index (χ4n) is 3.51. The summed E-state index contributed by atoms with van der Waals surface area (Å²) in [5, 5.41) is 5.25. The molecule has 1 N–H and O–H groups in total. The van der Waals surface area contributed by atoms with Crippen LogP contribution in [0.5, 0.6) is 0 Å². The zero-order chi connectivity index (χ0) is 20.6. The highest BCUT2D eigenvalue weighted by atomic mass is 35.5. The molecule has 0 aromatic heterocycles. The van der Waals surface area contributed by atoms with E-state index in [4.69, 9.17) is 34.8 Å². The maximum atomic E-state index is 12.6. The Morgan fingerprint density at radius 3 is 2.55 bits per heavy atom. The average Bonchev–Trinajstić information content (AvgIpc) is 2.72. The molecule has 0 saturated carbocycles. The largest absolute Gasteiger partial charge is 0.355 e. The fourth-order valence-corrected chi connectivity index (χ4v) is 5.17. The summed E-state index contributed by atoms with van der Waals surface area (Å²) < 4.78 is 0. The van der Waals surface area contributed by atoms with Gasteiger partial charge in [-0.2, -0.15) is 11.8 Å². The van der Waals surface area contributed by atoms with Crippen LogP contribution < -0.4 is 5.32 Å². The Kier molecular flexibility index (Phi) is 9.01. The predicted octanol–water partition coefficient (Wildman–Crippen LogP) is 5.91. The third-order valence-corrected chi connectivity index (χ3v) is 7.17. The van der Waals surface area contributed by atoms with Crippen molar-refractivity contribution in [3.05, 3.63) is 68.7 Å². The van der Waals surface area contributed by atoms with Crippen LogP contribution in [0, 0.1) is 5.92 Å². The van der Waals surface area contributed by atoms with Crippen molar-refractivity contribution in [2.24, 2.45) is 5.92 Å². The van der Waals surface area contributed by atoms with Gasteiger partial charge in [0.15, 0.2) is 0 Å². The Balaban J connectivity index is 1.41. The van der Waals surface area contributed by atoms with E-state index in [9.17, 15) is 4.79 Å². The molecule has 0 spiro atoms. The number of amides is 1. The van der Waals surface area contributed by atoms with Crippen LogP contribution in [-0.4, -0.2) is 36.2 Å². The van der Waals surface area contributed by atoms with Gasteiger partial charge in [-0.15, -0.1) is 0 Å². The average molecular weight is 472 g/mol. The van der Waals surface area contributed by atoms with Gasteiger partial charge in [-0.3, -0.25) is 9.69 Å². The van der Waals surface area contributed by atoms with Crippen LogP contribution in [0.3, 0.4) is 0 Å². The van der Waals surface area contributed by atoms with E-state index >= 15 is 0 Å². The molecule has 7 heteroatoms. The molecule has 1 unspecified atom stereocenters. The lowest BCUT2D eigenvalue weighted by atomic mass is 9.96. The molecule has 3 rings (SSSR count). The van der Waals surface area contributed by atoms with Gasteiger partial charge < -0.3 is 5.32 Å². The Morgan fingerprint density at radius 1 is 1.07 bits per heavy atom. The second-order valence-corrected chi connectivity index (χ2v) is 9.54. The van der Waals surface area contributed by atoms with Crippen molar-refractivity contribution in [3.63, 3.8) is 0 Å². The molecule has 1 aliphatic rings. The number of carbonyl (C=O) groups is 1. The van der Waals surface area contributed by atoms with Crippen LogP contribution in [0.25, 0.3) is 0 Å². The van der Waals surface area contributed by atoms with Crippen LogP contribution in [0.15, 0.2) is 42.5 Å². The summed E-state index contributed by atoms with van der Waals surface area (Å²) in [5.41, 5.74) is 2.07. The zero-order valence-corrected chi connectivity index (χ0v) is 19.3. The van der Waals surface area contributed by atoms with E-state index in [2.05, 4.69) is 10.2 Å². The normalized spacial score (nSPS) is 17.3. The quantitative estimate of drug-likeness (QED) is 0.486. The molecular weight excluding hydrogens is 447 g/mol. The minimum absolute atomic E-state index is 0.0126. The minimum atomic E-state index is 0.0126. The number of piperidine rings is 1. The number of hydrogen-bond acceptors (Lipinski definition) is 3. The summed E-state index contributed by atoms with van der Waals surface area (Å²) in [5.74, 6) is 1.87. The summed E-state index contributed by atoms with van der Waals surface area (Å²) in [6.07, 6.45) is 1.92. The number of carbonyl (C=O) groups excluding carboxylic acids is 1. The van der Waals surface area contributed by atoms with E-state index < -0.39 is 0 Å². The van der Waals surface area contributed by atoms with Gasteiger partial charge in [0.1, 0.15) is 0 Å². The lowest BCUT2D eigenvalue weighted by molar-refractivity contribution is -0.126. The van der Waals surface area contributed by atoms with Gasteiger partial charge in [0, 0.05) is 51.8 Å². The highest BCUT2D eigenvalue weighted by molar-refractivity contribution is 7.98. The van der Waals surface area contributed by atoms with Crippen LogP contribution in [0.4, 0.5) is 0 Å². The maximum absolute atomic E-state index is 12.6. The van der Waals surface area contributed by atoms with E-state index in [1.54, 1.807) is 11.8 Å². The first kappa shape index (κ1) is 22.8. The molecular formula is C22H25Cl3N2OS. The first-order valence-corrected chi connectivity index (χ1v) is 12.1. The smallest absolute Gasteiger partial charge is 0.224 e. The molecule has 1 amide bonds. The molecule has 2 aromatic rings. The Hall–Kier alpha value is -0.910. The zero-order valence-electron chi connectivity index (χ0n) is 16.2. The molecule has 156 valence electrons. The molecule has 1 saturated heterocycles. The second kappa shape index (κ2) is 11.5. The molecule has 1 heterocycles. The van der Waals surface area contributed by atoms with Gasteiger partial charge >= 0.3 is 0 Å². The van der Waals surface area contributed by atoms with Gasteiger partial charge in [-0.1, -0.05) is 59.1 Å². The fraction of sp³-hybridized carbons (Fsp3) is 0.409. The van der Waals surface area contributed by atoms with Gasteiger partial charge in [0.25, 0.3) is 0 Å². The minimum Gasteiger partial charge on any atom is -0.355 e. The Morgan fingerprint density at radius 2 is 1.79 bits per heavy atom. The number of rotatable bonds is 8. The molecule has 0 radical (unpaired) electrons. The second-order valence-electron chi connectivity index (χ2n) is 7.21. The number of nitrogens with zero attached hydrogens (tertiary/aromatic N) is 1. The molecule has 1 aliphatic heterocycles. The van der Waals surface area contributed by atoms with Gasteiger partial charge in [0.05, 0.1) is 5.92 Å². The van der Waals surface area contributed by atoms with E-state index in [1.807, 2.05) is 42.5 Å². The van der Waals surface area contributed by atoms with Gasteiger partial charge in [0.2, 0.25) is 5.91 Å². The van der Waals surface area contributed by atoms with Crippen molar-refractivity contribution in [1.29, 1.82) is 0 Å². The molecule has 0 aliphatic carbocycles. The number of thioether (sulfide) groups is 1. The number of benzene rings is 2. The lowest BCUT2D eigenvalue weighted by Crippen LogP contribution is -2.43. The van der Waals surface area contributed by atoms with Gasteiger partial charge in [-0.05, 0) is 43.1 Å². The van der Waals surface area contributed by atoms with E-state index in [0.29, 0.717) is 23.1 Å². The van der Waals surface area contributed by atoms with Crippen molar-refractivity contribution in [2.75, 3.05) is 25.4 Å². The summed E-state index contributed by atoms with van der Waals surface area (Å²) in [4.78, 5) is 14.9. The molecule has 0 bridgehead atoms. The molecule has 29 heavy (non-hydrogen) atoms. The van der Waals surface area contributed by atoms with Crippen LogP contribution >= 0.6 is 46.6 Å². The number of likely N-dealkylation sites (tertiary alicyclic amines) is 1. The van der Waals surface area contributed by atoms with Crippen LogP contribution in [0.1, 0.15) is 24.0 Å². The van der Waals surface area contributed by atoms with Crippen molar-refractivity contribution in [1.82, 2.24) is 10.2 Å². The SMILES string of the molecule is O=C(NCCSCc1ccccc1Cl)C1CCCN(Cc2c(Cl)cccc2Cl)C1. The molecule has 1 fully saturated rings. The highest BCUT2D eigenvalue weighted by Crippen LogP contribution is 2.28. The number of hydrogen-bond donors (Lipinski definition) is 1. The number of nitrogens with one attached hydrogen (secondary N) is 1. The van der Waals surface area contributed by atoms with E-state index in [0.717, 1.165) is 53.6 Å². The standard InChI is InChI=1S/C22H25Cl3N2OS/c23-19-7-2-1-5-17(19)15-29-12-10-26-22(28)16-6-4-11-27(13-16)14-18-20(24)8-3-9-21(18)25/h1-3,5,7-9,16H,4,6,10-15H2,(H,26,28). The lowest BCUT2D eigenvalue weighted by Gasteiger charge is -2.32. The van der Waals surface area contributed by atoms with Gasteiger partial charge in [-0.25, -0.2) is 0 Å². The predicted molar refractivity (Wildman–Crippen MR) is 125 cm³/mol. The Bertz CT molecular complexity index is 813. The highest BCUT2D eigenvalue weighted by Gasteiger charge is 2.26. The number of halogens is 3. The first-order chi connectivity index (χ1) is 14.0. The topological polar surface area (TPSA) is 32.3 Å². The maximum Gasteiger partial charge on any atom is 0.224 e. The van der Waals surface area contributed by atoms with Crippen molar-refractivity contribution in [2.45, 2.75) is 25.1 Å². The molecule has 3 nitrogen and oxygen atoms in total. The van der Waals surface area contributed by atoms with Crippen molar-refractivity contribution in [3.8, 4) is 0 Å². The van der Waals surface area contributed by atoms with E-state index in [1.165, 1.54) is 0 Å². The van der Waals surface area contributed by atoms with Crippen molar-refractivity contribution >= 4 is 52.5 Å². The molecule has 2 aromatic carbocycles. The monoisotopic (exact) mass is 470 g/mol. The summed E-state index contributed by atoms with van der Waals surface area (Å²) in [6.45, 7) is 3.04. The van der Waals surface area contributed by atoms with Crippen molar-refractivity contribution < 1.29 is 4.79 Å². The molecule has 1 atom stereocenters. The first-order valence-electron chi connectivity index (χ1n) is 9.78. The Labute approximate surface area is 192 Å². The van der Waals surface area contributed by atoms with Crippen LogP contribution in [0.2, 0.25) is 15.1 Å².